The van der Waals surface area contributed by atoms with Crippen LogP contribution in [0.3, 0.4) is 0 Å². The molecule has 98 valence electrons. The molecule has 0 aromatic rings. The van der Waals surface area contributed by atoms with Crippen LogP contribution in [0.1, 0.15) is 40.5 Å². The second-order valence-electron chi connectivity index (χ2n) is 4.48. The topological polar surface area (TPSA) is 21.7 Å². The number of hydrogen-bond donors (Lipinski definition) is 0. The van der Waals surface area contributed by atoms with E-state index in [9.17, 15) is 0 Å². The van der Waals surface area contributed by atoms with Crippen molar-refractivity contribution in [1.29, 1.82) is 0 Å². The molecule has 0 aliphatic carbocycles. The summed E-state index contributed by atoms with van der Waals surface area (Å²) in [6, 6.07) is 0. The molecule has 2 atom stereocenters. The molecule has 0 spiro atoms. The van der Waals surface area contributed by atoms with Gasteiger partial charge in [-0.2, -0.15) is 0 Å². The van der Waals surface area contributed by atoms with Crippen LogP contribution in [-0.4, -0.2) is 50.5 Å². The lowest BCUT2D eigenvalue weighted by Gasteiger charge is -2.19. The fourth-order valence-electron chi connectivity index (χ4n) is 1.17. The molecule has 0 saturated heterocycles. The van der Waals surface area contributed by atoms with Crippen molar-refractivity contribution in [2.75, 3.05) is 33.4 Å². The van der Waals surface area contributed by atoms with Crippen LogP contribution in [0.4, 0.5) is 0 Å². The highest BCUT2D eigenvalue weighted by molar-refractivity contribution is 4.53. The molecule has 0 heterocycles. The molecule has 0 fully saturated rings. The first-order valence-electron chi connectivity index (χ1n) is 6.51. The Balaban J connectivity index is 3.34. The van der Waals surface area contributed by atoms with Crippen LogP contribution in [0.5, 0.6) is 0 Å². The lowest BCUT2D eigenvalue weighted by atomic mass is 10.3. The molecule has 0 rings (SSSR count). The minimum absolute atomic E-state index is 0.379. The van der Waals surface area contributed by atoms with Crippen molar-refractivity contribution in [2.24, 2.45) is 0 Å². The zero-order valence-corrected chi connectivity index (χ0v) is 11.7. The van der Waals surface area contributed by atoms with E-state index in [0.717, 1.165) is 39.1 Å². The highest BCUT2D eigenvalue weighted by Gasteiger charge is 2.03. The van der Waals surface area contributed by atoms with Gasteiger partial charge in [0.1, 0.15) is 0 Å². The third kappa shape index (κ3) is 9.13. The number of ether oxygens (including phenoxy) is 2. The van der Waals surface area contributed by atoms with Crippen LogP contribution >= 0.6 is 0 Å². The SMILES string of the molecule is CCC(C)OCCN(C)CCOC(C)CC. The van der Waals surface area contributed by atoms with Crippen molar-refractivity contribution in [2.45, 2.75) is 52.7 Å². The summed E-state index contributed by atoms with van der Waals surface area (Å²) in [5.41, 5.74) is 0. The van der Waals surface area contributed by atoms with Gasteiger partial charge in [-0.25, -0.2) is 0 Å². The lowest BCUT2D eigenvalue weighted by molar-refractivity contribution is 0.0296. The van der Waals surface area contributed by atoms with E-state index in [-0.39, 0.29) is 0 Å². The van der Waals surface area contributed by atoms with E-state index in [0.29, 0.717) is 12.2 Å². The Bertz CT molecular complexity index is 137. The number of likely N-dealkylation sites (N-methyl/N-ethyl adjacent to an activating group) is 1. The Kier molecular flexibility index (Phi) is 9.99. The fourth-order valence-corrected chi connectivity index (χ4v) is 1.17. The highest BCUT2D eigenvalue weighted by atomic mass is 16.5. The summed E-state index contributed by atoms with van der Waals surface area (Å²) in [4.78, 5) is 2.25. The zero-order chi connectivity index (χ0) is 12.4. The quantitative estimate of drug-likeness (QED) is 0.577. The van der Waals surface area contributed by atoms with Gasteiger partial charge in [0.05, 0.1) is 25.4 Å². The molecule has 0 amide bonds. The summed E-state index contributed by atoms with van der Waals surface area (Å²) in [6.07, 6.45) is 2.93. The monoisotopic (exact) mass is 231 g/mol. The predicted octanol–water partition coefficient (Wildman–Crippen LogP) is 2.55. The van der Waals surface area contributed by atoms with E-state index in [1.807, 2.05) is 0 Å². The molecular weight excluding hydrogens is 202 g/mol. The first-order chi connectivity index (χ1) is 7.60. The van der Waals surface area contributed by atoms with Crippen molar-refractivity contribution in [1.82, 2.24) is 4.90 Å². The summed E-state index contributed by atoms with van der Waals surface area (Å²) in [5, 5.41) is 0. The molecule has 0 saturated carbocycles. The van der Waals surface area contributed by atoms with E-state index in [4.69, 9.17) is 9.47 Å². The van der Waals surface area contributed by atoms with Crippen LogP contribution in [0.15, 0.2) is 0 Å². The van der Waals surface area contributed by atoms with Gasteiger partial charge in [0.15, 0.2) is 0 Å². The molecular formula is C13H29NO2. The van der Waals surface area contributed by atoms with Crippen LogP contribution in [0.25, 0.3) is 0 Å². The van der Waals surface area contributed by atoms with Crippen LogP contribution in [-0.2, 0) is 9.47 Å². The average Bonchev–Trinajstić information content (AvgIpc) is 2.28. The molecule has 0 aromatic carbocycles. The van der Waals surface area contributed by atoms with Gasteiger partial charge in [-0.1, -0.05) is 13.8 Å². The third-order valence-electron chi connectivity index (χ3n) is 2.90. The van der Waals surface area contributed by atoms with Gasteiger partial charge < -0.3 is 14.4 Å². The van der Waals surface area contributed by atoms with Gasteiger partial charge in [-0.05, 0) is 33.7 Å². The number of nitrogens with zero attached hydrogens (tertiary/aromatic N) is 1. The average molecular weight is 231 g/mol. The van der Waals surface area contributed by atoms with Gasteiger partial charge in [0.25, 0.3) is 0 Å². The molecule has 2 unspecified atom stereocenters. The van der Waals surface area contributed by atoms with Crippen molar-refractivity contribution >= 4 is 0 Å². The lowest BCUT2D eigenvalue weighted by Crippen LogP contribution is -2.29. The Morgan fingerprint density at radius 3 is 1.56 bits per heavy atom. The minimum atomic E-state index is 0.379. The minimum Gasteiger partial charge on any atom is -0.377 e. The molecule has 0 radical (unpaired) electrons. The molecule has 0 aliphatic rings. The van der Waals surface area contributed by atoms with E-state index < -0.39 is 0 Å². The standard InChI is InChI=1S/C13H29NO2/c1-6-12(3)15-10-8-14(5)9-11-16-13(4)7-2/h12-13H,6-11H2,1-5H3. The Morgan fingerprint density at radius 1 is 0.875 bits per heavy atom. The maximum atomic E-state index is 5.63. The number of hydrogen-bond acceptors (Lipinski definition) is 3. The maximum absolute atomic E-state index is 5.63. The smallest absolute Gasteiger partial charge is 0.0596 e. The van der Waals surface area contributed by atoms with E-state index >= 15 is 0 Å². The summed E-state index contributed by atoms with van der Waals surface area (Å²) in [6.45, 7) is 12.1. The largest absolute Gasteiger partial charge is 0.377 e. The third-order valence-corrected chi connectivity index (χ3v) is 2.90. The Labute approximate surface area is 101 Å². The van der Waals surface area contributed by atoms with E-state index in [2.05, 4.69) is 39.6 Å². The zero-order valence-electron chi connectivity index (χ0n) is 11.7. The van der Waals surface area contributed by atoms with E-state index in [1.54, 1.807) is 0 Å². The van der Waals surface area contributed by atoms with Gasteiger partial charge in [-0.15, -0.1) is 0 Å². The Hall–Kier alpha value is -0.120. The molecule has 16 heavy (non-hydrogen) atoms. The number of rotatable bonds is 10. The molecule has 3 nitrogen and oxygen atoms in total. The second-order valence-corrected chi connectivity index (χ2v) is 4.48. The molecule has 3 heteroatoms. The summed E-state index contributed by atoms with van der Waals surface area (Å²) >= 11 is 0. The van der Waals surface area contributed by atoms with E-state index in [1.165, 1.54) is 0 Å². The Morgan fingerprint density at radius 2 is 1.25 bits per heavy atom. The fraction of sp³-hybridized carbons (Fsp3) is 1.00. The van der Waals surface area contributed by atoms with Crippen molar-refractivity contribution in [3.05, 3.63) is 0 Å². The van der Waals surface area contributed by atoms with Gasteiger partial charge in [0, 0.05) is 13.1 Å². The van der Waals surface area contributed by atoms with Gasteiger partial charge in [-0.3, -0.25) is 0 Å². The van der Waals surface area contributed by atoms with Gasteiger partial charge in [0.2, 0.25) is 0 Å². The molecule has 0 aliphatic heterocycles. The van der Waals surface area contributed by atoms with Crippen molar-refractivity contribution in [3.63, 3.8) is 0 Å². The van der Waals surface area contributed by atoms with Crippen LogP contribution in [0.2, 0.25) is 0 Å². The normalized spacial score (nSPS) is 15.4. The molecule has 0 N–H and O–H groups in total. The predicted molar refractivity (Wildman–Crippen MR) is 68.9 cm³/mol. The summed E-state index contributed by atoms with van der Waals surface area (Å²) in [5.74, 6) is 0. The van der Waals surface area contributed by atoms with Crippen molar-refractivity contribution < 1.29 is 9.47 Å². The summed E-state index contributed by atoms with van der Waals surface area (Å²) in [7, 11) is 2.11. The molecule has 0 aromatic heterocycles. The second kappa shape index (κ2) is 10.1. The van der Waals surface area contributed by atoms with Crippen molar-refractivity contribution in [3.8, 4) is 0 Å². The highest BCUT2D eigenvalue weighted by Crippen LogP contribution is 1.97. The van der Waals surface area contributed by atoms with Crippen LogP contribution in [0, 0.1) is 0 Å². The molecule has 0 bridgehead atoms. The first-order valence-corrected chi connectivity index (χ1v) is 6.51. The maximum Gasteiger partial charge on any atom is 0.0596 e. The van der Waals surface area contributed by atoms with Gasteiger partial charge >= 0.3 is 0 Å². The summed E-state index contributed by atoms with van der Waals surface area (Å²) < 4.78 is 11.3. The van der Waals surface area contributed by atoms with Crippen LogP contribution < -0.4 is 0 Å². The first kappa shape index (κ1) is 15.9.